The summed E-state index contributed by atoms with van der Waals surface area (Å²) in [6.45, 7) is 4.16. The second-order valence-corrected chi connectivity index (χ2v) is 6.48. The Hall–Kier alpha value is -2.15. The molecule has 1 saturated carbocycles. The molecule has 1 aliphatic rings. The molecular weight excluding hydrogens is 330 g/mol. The van der Waals surface area contributed by atoms with Crippen molar-refractivity contribution in [2.24, 2.45) is 11.3 Å². The summed E-state index contributed by atoms with van der Waals surface area (Å²) in [5, 5.41) is 1.06. The number of hydrogen-bond donors (Lipinski definition) is 0. The van der Waals surface area contributed by atoms with Gasteiger partial charge in [0.2, 0.25) is 0 Å². The van der Waals surface area contributed by atoms with Crippen LogP contribution < -0.4 is 4.74 Å². The Bertz CT molecular complexity index is 738. The third kappa shape index (κ3) is 2.96. The molecule has 0 aliphatic heterocycles. The third-order valence-corrected chi connectivity index (χ3v) is 4.92. The van der Waals surface area contributed by atoms with Crippen LogP contribution >= 0.6 is 11.5 Å². The average Bonchev–Trinajstić information content (AvgIpc) is 3.13. The topological polar surface area (TPSA) is 74.7 Å². The van der Waals surface area contributed by atoms with Crippen LogP contribution in [0.25, 0.3) is 10.1 Å². The summed E-state index contributed by atoms with van der Waals surface area (Å²) >= 11 is 1.40. The van der Waals surface area contributed by atoms with Crippen LogP contribution in [-0.2, 0) is 19.1 Å². The Morgan fingerprint density at radius 3 is 2.62 bits per heavy atom. The molecule has 0 saturated heterocycles. The molecule has 24 heavy (non-hydrogen) atoms. The largest absolute Gasteiger partial charge is 0.493 e. The van der Waals surface area contributed by atoms with Crippen LogP contribution in [0.2, 0.25) is 0 Å². The second-order valence-electron chi connectivity index (χ2n) is 5.65. The van der Waals surface area contributed by atoms with Gasteiger partial charge in [0, 0.05) is 17.5 Å². The molecule has 1 aliphatic carbocycles. The highest BCUT2D eigenvalue weighted by molar-refractivity contribution is 7.13. The molecule has 0 bridgehead atoms. The molecule has 2 aromatic rings. The van der Waals surface area contributed by atoms with Crippen LogP contribution in [0.15, 0.2) is 24.4 Å². The summed E-state index contributed by atoms with van der Waals surface area (Å²) < 4.78 is 21.1. The van der Waals surface area contributed by atoms with E-state index in [9.17, 15) is 9.59 Å². The van der Waals surface area contributed by atoms with Gasteiger partial charge in [0.1, 0.15) is 5.75 Å². The third-order valence-electron chi connectivity index (χ3n) is 4.16. The van der Waals surface area contributed by atoms with Crippen LogP contribution in [0, 0.1) is 11.3 Å². The monoisotopic (exact) mass is 349 g/mol. The van der Waals surface area contributed by atoms with E-state index in [4.69, 9.17) is 14.2 Å². The molecule has 6 nitrogen and oxygen atoms in total. The van der Waals surface area contributed by atoms with Crippen molar-refractivity contribution in [2.75, 3.05) is 19.8 Å². The lowest BCUT2D eigenvalue weighted by molar-refractivity contribution is -0.165. The summed E-state index contributed by atoms with van der Waals surface area (Å²) in [4.78, 5) is 24.4. The van der Waals surface area contributed by atoms with Gasteiger partial charge in [-0.3, -0.25) is 9.59 Å². The maximum Gasteiger partial charge on any atom is 0.323 e. The van der Waals surface area contributed by atoms with Gasteiger partial charge in [-0.15, -0.1) is 0 Å². The van der Waals surface area contributed by atoms with E-state index in [0.29, 0.717) is 12.2 Å². The summed E-state index contributed by atoms with van der Waals surface area (Å²) in [7, 11) is 0. The number of nitrogens with zero attached hydrogens (tertiary/aromatic N) is 1. The molecule has 3 rings (SSSR count). The Balaban J connectivity index is 1.67. The summed E-state index contributed by atoms with van der Waals surface area (Å²) in [5.74, 6) is -0.571. The lowest BCUT2D eigenvalue weighted by Gasteiger charge is -2.15. The van der Waals surface area contributed by atoms with Gasteiger partial charge >= 0.3 is 11.9 Å². The number of benzene rings is 1. The normalized spacial score (nSPS) is 18.2. The summed E-state index contributed by atoms with van der Waals surface area (Å²) in [6, 6.07) is 5.70. The van der Waals surface area contributed by atoms with E-state index in [1.807, 2.05) is 18.2 Å². The first-order valence-electron chi connectivity index (χ1n) is 7.93. The molecule has 1 aromatic heterocycles. The first-order chi connectivity index (χ1) is 11.6. The van der Waals surface area contributed by atoms with Crippen LogP contribution in [0.5, 0.6) is 5.75 Å². The fraction of sp³-hybridized carbons (Fsp3) is 0.471. The van der Waals surface area contributed by atoms with E-state index in [1.165, 1.54) is 11.5 Å². The van der Waals surface area contributed by atoms with Crippen molar-refractivity contribution in [1.29, 1.82) is 0 Å². The fourth-order valence-corrected chi connectivity index (χ4v) is 3.44. The van der Waals surface area contributed by atoms with E-state index in [-0.39, 0.29) is 25.7 Å². The zero-order chi connectivity index (χ0) is 17.2. The van der Waals surface area contributed by atoms with E-state index in [2.05, 4.69) is 4.37 Å². The van der Waals surface area contributed by atoms with Gasteiger partial charge in [-0.2, -0.15) is 4.37 Å². The Morgan fingerprint density at radius 1 is 1.25 bits per heavy atom. The molecular formula is C17H19NO5S. The number of fused-ring (bicyclic) bond motifs is 1. The number of esters is 2. The molecule has 128 valence electrons. The van der Waals surface area contributed by atoms with Crippen molar-refractivity contribution in [3.05, 3.63) is 24.4 Å². The van der Waals surface area contributed by atoms with Crippen molar-refractivity contribution in [3.63, 3.8) is 0 Å². The van der Waals surface area contributed by atoms with Gasteiger partial charge in [-0.1, -0.05) is 0 Å². The van der Waals surface area contributed by atoms with E-state index in [0.717, 1.165) is 10.1 Å². The minimum absolute atomic E-state index is 0.229. The second kappa shape index (κ2) is 6.76. The highest BCUT2D eigenvalue weighted by atomic mass is 32.1. The Labute approximate surface area is 143 Å². The van der Waals surface area contributed by atoms with Crippen LogP contribution in [-0.4, -0.2) is 36.1 Å². The van der Waals surface area contributed by atoms with Crippen molar-refractivity contribution < 1.29 is 23.8 Å². The van der Waals surface area contributed by atoms with E-state index >= 15 is 0 Å². The van der Waals surface area contributed by atoms with Crippen molar-refractivity contribution in [2.45, 2.75) is 20.3 Å². The predicted molar refractivity (Wildman–Crippen MR) is 88.9 cm³/mol. The molecule has 0 unspecified atom stereocenters. The number of carbonyl (C=O) groups excluding carboxylic acids is 2. The highest BCUT2D eigenvalue weighted by Gasteiger charge is 2.68. The maximum absolute atomic E-state index is 12.2. The number of hydrogen-bond acceptors (Lipinski definition) is 7. The quantitative estimate of drug-likeness (QED) is 0.565. The first kappa shape index (κ1) is 16.7. The van der Waals surface area contributed by atoms with Crippen molar-refractivity contribution >= 4 is 33.6 Å². The fourth-order valence-electron chi connectivity index (χ4n) is 2.76. The van der Waals surface area contributed by atoms with Gasteiger partial charge < -0.3 is 14.2 Å². The number of carbonyl (C=O) groups is 2. The molecule has 0 spiro atoms. The number of aromatic nitrogens is 1. The molecule has 1 heterocycles. The van der Waals surface area contributed by atoms with Gasteiger partial charge in [-0.05, 0) is 50.0 Å². The van der Waals surface area contributed by atoms with Gasteiger partial charge in [0.15, 0.2) is 5.41 Å². The molecule has 1 aromatic carbocycles. The first-order valence-corrected chi connectivity index (χ1v) is 8.70. The molecule has 1 fully saturated rings. The number of rotatable bonds is 7. The lowest BCUT2D eigenvalue weighted by Crippen LogP contribution is -2.33. The molecule has 7 heteroatoms. The van der Waals surface area contributed by atoms with Crippen LogP contribution in [0.3, 0.4) is 0 Å². The SMILES string of the molecule is CCOC(=O)C1(C(=O)OCC)C[C@H]1COc1ccc2cnsc2c1. The van der Waals surface area contributed by atoms with Gasteiger partial charge in [0.25, 0.3) is 0 Å². The van der Waals surface area contributed by atoms with E-state index in [1.54, 1.807) is 20.0 Å². The predicted octanol–water partition coefficient (Wildman–Crippen LogP) is 2.81. The van der Waals surface area contributed by atoms with Crippen LogP contribution in [0.1, 0.15) is 20.3 Å². The smallest absolute Gasteiger partial charge is 0.323 e. The maximum atomic E-state index is 12.2. The Kier molecular flexibility index (Phi) is 4.71. The average molecular weight is 349 g/mol. The number of ether oxygens (including phenoxy) is 3. The Morgan fingerprint density at radius 2 is 1.96 bits per heavy atom. The van der Waals surface area contributed by atoms with Crippen LogP contribution in [0.4, 0.5) is 0 Å². The lowest BCUT2D eigenvalue weighted by atomic mass is 10.0. The summed E-state index contributed by atoms with van der Waals surface area (Å²) in [5.41, 5.74) is -1.21. The summed E-state index contributed by atoms with van der Waals surface area (Å²) in [6.07, 6.45) is 2.20. The van der Waals surface area contributed by atoms with Crippen molar-refractivity contribution in [3.8, 4) is 5.75 Å². The molecule has 1 atom stereocenters. The van der Waals surface area contributed by atoms with Gasteiger partial charge in [0.05, 0.1) is 24.5 Å². The minimum Gasteiger partial charge on any atom is -0.493 e. The zero-order valence-electron chi connectivity index (χ0n) is 13.6. The standard InChI is InChI=1S/C17H19NO5S/c1-3-21-15(19)17(16(20)22-4-2)8-12(17)10-23-13-6-5-11-9-18-24-14(11)7-13/h5-7,9,12H,3-4,8,10H2,1-2H3/t12-/m0/s1. The van der Waals surface area contributed by atoms with E-state index < -0.39 is 17.4 Å². The van der Waals surface area contributed by atoms with Gasteiger partial charge in [-0.25, -0.2) is 0 Å². The molecule has 0 amide bonds. The molecule has 0 N–H and O–H groups in total. The molecule has 0 radical (unpaired) electrons. The van der Waals surface area contributed by atoms with Crippen molar-refractivity contribution in [1.82, 2.24) is 4.37 Å². The zero-order valence-corrected chi connectivity index (χ0v) is 14.4. The minimum atomic E-state index is -1.21. The highest BCUT2D eigenvalue weighted by Crippen LogP contribution is 2.54.